The highest BCUT2D eigenvalue weighted by Crippen LogP contribution is 2.36. The number of aromatic nitrogens is 3. The van der Waals surface area contributed by atoms with Crippen molar-refractivity contribution >= 4 is 40.2 Å². The molecule has 11 nitrogen and oxygen atoms in total. The molecular weight excluding hydrogens is 658 g/mol. The number of furan rings is 1. The summed E-state index contributed by atoms with van der Waals surface area (Å²) in [5, 5.41) is 18.3. The van der Waals surface area contributed by atoms with Crippen LogP contribution < -0.4 is 15.8 Å². The summed E-state index contributed by atoms with van der Waals surface area (Å²) in [6, 6.07) is 12.1. The van der Waals surface area contributed by atoms with Gasteiger partial charge >= 0.3 is 5.97 Å². The molecule has 0 aliphatic carbocycles. The first-order valence-corrected chi connectivity index (χ1v) is 17.1. The number of para-hydroxylation sites is 1. The molecule has 0 spiro atoms. The number of Topliss-reactive ketones (excluding diaryl/α,β-unsaturated/α-hetero) is 1. The molecular formula is C38H44ClN5O6. The molecule has 0 aliphatic rings. The summed E-state index contributed by atoms with van der Waals surface area (Å²) in [7, 11) is 1.91. The summed E-state index contributed by atoms with van der Waals surface area (Å²) in [4.78, 5) is 41.1. The number of rotatable bonds is 15. The Morgan fingerprint density at radius 2 is 1.84 bits per heavy atom. The molecule has 3 aromatic heterocycles. The predicted octanol–water partition coefficient (Wildman–Crippen LogP) is 7.00. The summed E-state index contributed by atoms with van der Waals surface area (Å²) in [5.74, 6) is -0.736. The van der Waals surface area contributed by atoms with Crippen molar-refractivity contribution in [3.63, 3.8) is 0 Å². The Kier molecular flexibility index (Phi) is 11.2. The smallest absolute Gasteiger partial charge is 0.320 e. The van der Waals surface area contributed by atoms with Gasteiger partial charge in [-0.05, 0) is 93.8 Å². The summed E-state index contributed by atoms with van der Waals surface area (Å²) in [6.45, 7) is 10.1. The minimum absolute atomic E-state index is 0.0628. The number of nitrogens with two attached hydrogens (primary N) is 1. The molecule has 5 N–H and O–H groups in total. The molecule has 5 aromatic rings. The molecule has 0 bridgehead atoms. The molecule has 0 radical (unpaired) electrons. The highest BCUT2D eigenvalue weighted by Gasteiger charge is 2.24. The van der Waals surface area contributed by atoms with Crippen molar-refractivity contribution in [3.05, 3.63) is 92.8 Å². The van der Waals surface area contributed by atoms with Gasteiger partial charge in [0.2, 0.25) is 0 Å². The number of nitrogens with one attached hydrogen (secondary N) is 2. The average molecular weight is 702 g/mol. The number of amides is 1. The van der Waals surface area contributed by atoms with Gasteiger partial charge in [0, 0.05) is 40.7 Å². The maximum absolute atomic E-state index is 13.8. The number of carboxylic acid groups (broad SMARTS) is 1. The van der Waals surface area contributed by atoms with Gasteiger partial charge in [0.25, 0.3) is 5.91 Å². The monoisotopic (exact) mass is 701 g/mol. The lowest BCUT2D eigenvalue weighted by Crippen LogP contribution is -2.36. The number of aromatic amines is 1. The van der Waals surface area contributed by atoms with E-state index in [4.69, 9.17) is 31.6 Å². The van der Waals surface area contributed by atoms with Gasteiger partial charge in [0.1, 0.15) is 23.2 Å². The van der Waals surface area contributed by atoms with Crippen LogP contribution in [0.5, 0.6) is 5.75 Å². The van der Waals surface area contributed by atoms with E-state index in [1.165, 1.54) is 0 Å². The minimum Gasteiger partial charge on any atom is -0.494 e. The molecule has 0 saturated carbocycles. The second kappa shape index (κ2) is 15.3. The number of aryl methyl sites for hydroxylation is 5. The van der Waals surface area contributed by atoms with Crippen LogP contribution in [-0.4, -0.2) is 50.2 Å². The number of carbonyl (C=O) groups excluding carboxylic acids is 2. The van der Waals surface area contributed by atoms with Crippen LogP contribution in [0.3, 0.4) is 0 Å². The fourth-order valence-electron chi connectivity index (χ4n) is 6.31. The van der Waals surface area contributed by atoms with E-state index in [-0.39, 0.29) is 36.3 Å². The van der Waals surface area contributed by atoms with E-state index in [0.29, 0.717) is 37.3 Å². The lowest BCUT2D eigenvalue weighted by atomic mass is 9.96. The predicted molar refractivity (Wildman–Crippen MR) is 193 cm³/mol. The Bertz CT molecular complexity index is 2030. The number of ether oxygens (including phenoxy) is 1. The Morgan fingerprint density at radius 3 is 2.50 bits per heavy atom. The van der Waals surface area contributed by atoms with E-state index >= 15 is 0 Å². The van der Waals surface area contributed by atoms with Gasteiger partial charge < -0.3 is 30.3 Å². The summed E-state index contributed by atoms with van der Waals surface area (Å²) >= 11 is 6.34. The lowest BCUT2D eigenvalue weighted by molar-refractivity contribution is -0.139. The minimum atomic E-state index is -1.10. The molecule has 1 amide bonds. The molecule has 2 atom stereocenters. The van der Waals surface area contributed by atoms with Gasteiger partial charge in [-0.25, -0.2) is 0 Å². The number of halogens is 1. The highest BCUT2D eigenvalue weighted by molar-refractivity contribution is 6.32. The number of aliphatic carboxylic acids is 1. The summed E-state index contributed by atoms with van der Waals surface area (Å²) in [5.41, 5.74) is 13.6. The maximum Gasteiger partial charge on any atom is 0.320 e. The number of H-pyrrole nitrogens is 1. The Hall–Kier alpha value is -4.87. The number of hydrogen-bond acceptors (Lipinski definition) is 7. The van der Waals surface area contributed by atoms with Gasteiger partial charge in [-0.1, -0.05) is 36.7 Å². The Balaban J connectivity index is 1.35. The standard InChI is InChI=1S/C38H44ClN5O6/c1-20(34(40)38(47)48)12-14-30(45)31-15-13-25(50-31)19-41-37(46)36-28(11-8-16-49-26-17-21(2)33(39)22(3)18-26)27-9-7-10-29(35(27)42-36)32-23(4)43-44(6)24(32)5/h7,9-10,13,15,17-18,20,34,42H,8,11-12,14,16,19,40H2,1-6H3,(H,41,46)(H,47,48)/t20-,34-/m0/s1. The third kappa shape index (κ3) is 7.79. The second-order valence-electron chi connectivity index (χ2n) is 13.0. The van der Waals surface area contributed by atoms with Crippen LogP contribution in [0, 0.1) is 33.6 Å². The quantitative estimate of drug-likeness (QED) is 0.0669. The Labute approximate surface area is 296 Å². The molecule has 5 rings (SSSR count). The largest absolute Gasteiger partial charge is 0.494 e. The zero-order valence-electron chi connectivity index (χ0n) is 29.3. The second-order valence-corrected chi connectivity index (χ2v) is 13.3. The zero-order chi connectivity index (χ0) is 36.3. The van der Waals surface area contributed by atoms with E-state index in [2.05, 4.69) is 15.4 Å². The lowest BCUT2D eigenvalue weighted by Gasteiger charge is -2.14. The number of fused-ring (bicyclic) bond motifs is 1. The first kappa shape index (κ1) is 36.4. The van der Waals surface area contributed by atoms with Crippen LogP contribution in [-0.2, 0) is 24.8 Å². The van der Waals surface area contributed by atoms with Crippen LogP contribution in [0.1, 0.15) is 81.1 Å². The van der Waals surface area contributed by atoms with Gasteiger partial charge in [0.05, 0.1) is 24.4 Å². The molecule has 12 heteroatoms. The number of carbonyl (C=O) groups is 3. The number of ketones is 1. The van der Waals surface area contributed by atoms with Crippen molar-refractivity contribution in [2.45, 2.75) is 72.9 Å². The van der Waals surface area contributed by atoms with E-state index in [1.807, 2.05) is 69.8 Å². The van der Waals surface area contributed by atoms with Crippen molar-refractivity contribution in [1.82, 2.24) is 20.1 Å². The fraction of sp³-hybridized carbons (Fsp3) is 0.368. The zero-order valence-corrected chi connectivity index (χ0v) is 30.0. The number of carboxylic acids is 1. The van der Waals surface area contributed by atoms with E-state index < -0.39 is 12.0 Å². The molecule has 0 saturated heterocycles. The molecule has 0 fully saturated rings. The van der Waals surface area contributed by atoms with Crippen molar-refractivity contribution < 1.29 is 28.6 Å². The third-order valence-corrected chi connectivity index (χ3v) is 9.88. The van der Waals surface area contributed by atoms with Crippen LogP contribution in [0.2, 0.25) is 5.02 Å². The van der Waals surface area contributed by atoms with E-state index in [9.17, 15) is 14.4 Å². The Morgan fingerprint density at radius 1 is 1.12 bits per heavy atom. The number of hydrogen-bond donors (Lipinski definition) is 4. The van der Waals surface area contributed by atoms with Gasteiger partial charge in [-0.15, -0.1) is 0 Å². The van der Waals surface area contributed by atoms with Gasteiger partial charge in [-0.2, -0.15) is 5.10 Å². The average Bonchev–Trinajstić information content (AvgIpc) is 3.78. The van der Waals surface area contributed by atoms with Crippen LogP contribution in [0.4, 0.5) is 0 Å². The van der Waals surface area contributed by atoms with Crippen molar-refractivity contribution in [2.75, 3.05) is 6.61 Å². The van der Waals surface area contributed by atoms with Gasteiger partial charge in [0.15, 0.2) is 11.5 Å². The SMILES string of the molecule is Cc1cc(OCCCc2c(C(=O)NCc3ccc(C(=O)CC[C@H](C)[C@H](N)C(=O)O)o3)[nH]c3c(-c4c(C)nn(C)c4C)cccc23)cc(C)c1Cl. The fourth-order valence-corrected chi connectivity index (χ4v) is 6.42. The molecule has 2 aromatic carbocycles. The number of nitrogens with zero attached hydrogens (tertiary/aromatic N) is 2. The van der Waals surface area contributed by atoms with Crippen molar-refractivity contribution in [3.8, 4) is 16.9 Å². The van der Waals surface area contributed by atoms with Crippen molar-refractivity contribution in [1.29, 1.82) is 0 Å². The van der Waals surface area contributed by atoms with Crippen LogP contribution in [0.25, 0.3) is 22.0 Å². The summed E-state index contributed by atoms with van der Waals surface area (Å²) < 4.78 is 13.7. The molecule has 0 unspecified atom stereocenters. The topological polar surface area (TPSA) is 165 Å². The van der Waals surface area contributed by atoms with E-state index in [0.717, 1.165) is 60.9 Å². The normalized spacial score (nSPS) is 12.6. The van der Waals surface area contributed by atoms with Gasteiger partial charge in [-0.3, -0.25) is 19.1 Å². The third-order valence-electron chi connectivity index (χ3n) is 9.28. The molecule has 264 valence electrons. The molecule has 3 heterocycles. The molecule has 50 heavy (non-hydrogen) atoms. The summed E-state index contributed by atoms with van der Waals surface area (Å²) in [6.07, 6.45) is 1.64. The van der Waals surface area contributed by atoms with Crippen molar-refractivity contribution in [2.24, 2.45) is 18.7 Å². The maximum atomic E-state index is 13.8. The highest BCUT2D eigenvalue weighted by atomic mass is 35.5. The number of benzene rings is 2. The first-order valence-electron chi connectivity index (χ1n) is 16.7. The van der Waals surface area contributed by atoms with Crippen LogP contribution in [0.15, 0.2) is 46.9 Å². The molecule has 0 aliphatic heterocycles. The van der Waals surface area contributed by atoms with Crippen LogP contribution >= 0.6 is 11.6 Å². The first-order chi connectivity index (χ1) is 23.8. The van der Waals surface area contributed by atoms with E-state index in [1.54, 1.807) is 19.1 Å².